The lowest BCUT2D eigenvalue weighted by Gasteiger charge is -2.13. The highest BCUT2D eigenvalue weighted by Gasteiger charge is 2.19. The van der Waals surface area contributed by atoms with E-state index in [1.54, 1.807) is 31.3 Å². The number of carbonyl (C=O) groups excluding carboxylic acids is 2. The number of rotatable bonds is 3. The second kappa shape index (κ2) is 5.78. The van der Waals surface area contributed by atoms with Crippen molar-refractivity contribution in [1.82, 2.24) is 9.88 Å². The first-order valence-electron chi connectivity index (χ1n) is 6.43. The Morgan fingerprint density at radius 2 is 1.95 bits per heavy atom. The van der Waals surface area contributed by atoms with Crippen molar-refractivity contribution in [1.29, 1.82) is 0 Å². The molecule has 1 aromatic heterocycles. The quantitative estimate of drug-likeness (QED) is 0.849. The summed E-state index contributed by atoms with van der Waals surface area (Å²) in [5, 5.41) is 3.17. The third kappa shape index (κ3) is 2.79. The number of benzene rings is 1. The van der Waals surface area contributed by atoms with Crippen LogP contribution in [-0.2, 0) is 16.6 Å². The molecule has 0 unspecified atom stereocenters. The Balaban J connectivity index is 2.47. The number of esters is 1. The number of nitrogens with one attached hydrogen (secondary N) is 1. The molecular weight excluding hydrogens is 272 g/mol. The van der Waals surface area contributed by atoms with Crippen LogP contribution < -0.4 is 10.9 Å². The standard InChI is InChI=1S/C15H16N2O4/c1-9(15(20)21-3)16-14(19)11-8-13(18)17(2)12-7-5-4-6-10(11)12/h4-9H,1-3H3,(H,16,19)/t9-/m0/s1. The van der Waals surface area contributed by atoms with Crippen molar-refractivity contribution in [3.05, 3.63) is 46.2 Å². The Morgan fingerprint density at radius 1 is 1.29 bits per heavy atom. The molecule has 1 heterocycles. The Kier molecular flexibility index (Phi) is 4.07. The van der Waals surface area contributed by atoms with E-state index in [4.69, 9.17) is 0 Å². The van der Waals surface area contributed by atoms with Crippen LogP contribution in [0.2, 0.25) is 0 Å². The molecule has 6 nitrogen and oxygen atoms in total. The van der Waals surface area contributed by atoms with E-state index in [0.29, 0.717) is 10.9 Å². The minimum Gasteiger partial charge on any atom is -0.467 e. The summed E-state index contributed by atoms with van der Waals surface area (Å²) < 4.78 is 6.03. The summed E-state index contributed by atoms with van der Waals surface area (Å²) in [6, 6.07) is 7.57. The molecule has 0 aliphatic rings. The molecule has 0 spiro atoms. The van der Waals surface area contributed by atoms with Crippen molar-refractivity contribution in [2.45, 2.75) is 13.0 Å². The van der Waals surface area contributed by atoms with Gasteiger partial charge >= 0.3 is 5.97 Å². The van der Waals surface area contributed by atoms with E-state index in [1.807, 2.05) is 0 Å². The second-order valence-electron chi connectivity index (χ2n) is 4.69. The molecule has 1 amide bonds. The van der Waals surface area contributed by atoms with Gasteiger partial charge in [0.1, 0.15) is 6.04 Å². The van der Waals surface area contributed by atoms with Crippen LogP contribution >= 0.6 is 0 Å². The van der Waals surface area contributed by atoms with Gasteiger partial charge in [-0.05, 0) is 13.0 Å². The van der Waals surface area contributed by atoms with Gasteiger partial charge in [-0.15, -0.1) is 0 Å². The summed E-state index contributed by atoms with van der Waals surface area (Å²) in [6.07, 6.45) is 0. The number of hydrogen-bond donors (Lipinski definition) is 1. The summed E-state index contributed by atoms with van der Waals surface area (Å²) in [7, 11) is 2.89. The normalized spacial score (nSPS) is 12.0. The van der Waals surface area contributed by atoms with Crippen LogP contribution in [0, 0.1) is 0 Å². The molecule has 0 fully saturated rings. The van der Waals surface area contributed by atoms with Crippen molar-refractivity contribution >= 4 is 22.8 Å². The maximum absolute atomic E-state index is 12.3. The fraction of sp³-hybridized carbons (Fsp3) is 0.267. The van der Waals surface area contributed by atoms with Crippen molar-refractivity contribution < 1.29 is 14.3 Å². The van der Waals surface area contributed by atoms with Crippen LogP contribution in [0.5, 0.6) is 0 Å². The number of aryl methyl sites for hydroxylation is 1. The lowest BCUT2D eigenvalue weighted by molar-refractivity contribution is -0.142. The van der Waals surface area contributed by atoms with Gasteiger partial charge in [0.25, 0.3) is 11.5 Å². The molecule has 2 aromatic rings. The molecule has 0 aliphatic carbocycles. The van der Waals surface area contributed by atoms with Crippen LogP contribution in [0.15, 0.2) is 35.1 Å². The zero-order valence-electron chi connectivity index (χ0n) is 12.0. The smallest absolute Gasteiger partial charge is 0.328 e. The molecule has 6 heteroatoms. The monoisotopic (exact) mass is 288 g/mol. The first-order valence-corrected chi connectivity index (χ1v) is 6.43. The van der Waals surface area contributed by atoms with Gasteiger partial charge in [0.05, 0.1) is 18.2 Å². The lowest BCUT2D eigenvalue weighted by Crippen LogP contribution is -2.39. The van der Waals surface area contributed by atoms with Crippen molar-refractivity contribution in [3.63, 3.8) is 0 Å². The zero-order chi connectivity index (χ0) is 15.6. The predicted molar refractivity (Wildman–Crippen MR) is 78.1 cm³/mol. The van der Waals surface area contributed by atoms with E-state index in [-0.39, 0.29) is 11.1 Å². The first kappa shape index (κ1) is 14.8. The highest BCUT2D eigenvalue weighted by Crippen LogP contribution is 2.16. The number of fused-ring (bicyclic) bond motifs is 1. The molecule has 0 saturated heterocycles. The molecular formula is C15H16N2O4. The molecule has 0 aliphatic heterocycles. The number of carbonyl (C=O) groups is 2. The first-order chi connectivity index (χ1) is 9.95. The molecule has 0 saturated carbocycles. The van der Waals surface area contributed by atoms with E-state index in [2.05, 4.69) is 10.1 Å². The third-order valence-electron chi connectivity index (χ3n) is 3.30. The molecule has 0 radical (unpaired) electrons. The maximum atomic E-state index is 12.3. The summed E-state index contributed by atoms with van der Waals surface area (Å²) in [5.41, 5.74) is 0.606. The average molecular weight is 288 g/mol. The number of methoxy groups -OCH3 is 1. The molecule has 21 heavy (non-hydrogen) atoms. The number of hydrogen-bond acceptors (Lipinski definition) is 4. The Morgan fingerprint density at radius 3 is 2.62 bits per heavy atom. The Labute approximate surface area is 121 Å². The van der Waals surface area contributed by atoms with E-state index >= 15 is 0 Å². The highest BCUT2D eigenvalue weighted by atomic mass is 16.5. The van der Waals surface area contributed by atoms with Gasteiger partial charge in [0.15, 0.2) is 0 Å². The van der Waals surface area contributed by atoms with E-state index in [9.17, 15) is 14.4 Å². The molecule has 110 valence electrons. The van der Waals surface area contributed by atoms with Crippen LogP contribution in [0.25, 0.3) is 10.9 Å². The third-order valence-corrected chi connectivity index (χ3v) is 3.30. The second-order valence-corrected chi connectivity index (χ2v) is 4.69. The number of pyridine rings is 1. The molecule has 0 bridgehead atoms. The molecule has 2 rings (SSSR count). The van der Waals surface area contributed by atoms with Gasteiger partial charge in [-0.3, -0.25) is 9.59 Å². The van der Waals surface area contributed by atoms with E-state index < -0.39 is 17.9 Å². The lowest BCUT2D eigenvalue weighted by atomic mass is 10.1. The minimum absolute atomic E-state index is 0.240. The van der Waals surface area contributed by atoms with E-state index in [1.165, 1.54) is 24.7 Å². The van der Waals surface area contributed by atoms with Gasteiger partial charge in [0.2, 0.25) is 0 Å². The summed E-state index contributed by atoms with van der Waals surface area (Å²) >= 11 is 0. The summed E-state index contributed by atoms with van der Waals surface area (Å²) in [4.78, 5) is 35.6. The largest absolute Gasteiger partial charge is 0.467 e. The van der Waals surface area contributed by atoms with Gasteiger partial charge in [0, 0.05) is 18.5 Å². The molecule has 1 atom stereocenters. The Bertz CT molecular complexity index is 764. The predicted octanol–water partition coefficient (Wildman–Crippen LogP) is 0.830. The van der Waals surface area contributed by atoms with Gasteiger partial charge in [-0.1, -0.05) is 18.2 Å². The highest BCUT2D eigenvalue weighted by molar-refractivity contribution is 6.07. The topological polar surface area (TPSA) is 77.4 Å². The maximum Gasteiger partial charge on any atom is 0.328 e. The number of aromatic nitrogens is 1. The molecule has 1 N–H and O–H groups in total. The van der Waals surface area contributed by atoms with Crippen LogP contribution in [0.1, 0.15) is 17.3 Å². The fourth-order valence-corrected chi connectivity index (χ4v) is 2.11. The van der Waals surface area contributed by atoms with E-state index in [0.717, 1.165) is 0 Å². The van der Waals surface area contributed by atoms with Crippen LogP contribution in [0.3, 0.4) is 0 Å². The number of nitrogens with zero attached hydrogens (tertiary/aromatic N) is 1. The summed E-state index contributed by atoms with van der Waals surface area (Å²) in [5.74, 6) is -1.03. The number of ether oxygens (including phenoxy) is 1. The molecule has 1 aromatic carbocycles. The Hall–Kier alpha value is -2.63. The zero-order valence-corrected chi connectivity index (χ0v) is 12.0. The van der Waals surface area contributed by atoms with Crippen molar-refractivity contribution in [3.8, 4) is 0 Å². The van der Waals surface area contributed by atoms with Gasteiger partial charge < -0.3 is 14.6 Å². The van der Waals surface area contributed by atoms with Crippen LogP contribution in [-0.4, -0.2) is 29.6 Å². The average Bonchev–Trinajstić information content (AvgIpc) is 2.49. The van der Waals surface area contributed by atoms with Gasteiger partial charge in [-0.2, -0.15) is 0 Å². The minimum atomic E-state index is -0.787. The summed E-state index contributed by atoms with van der Waals surface area (Å²) in [6.45, 7) is 1.52. The van der Waals surface area contributed by atoms with Crippen LogP contribution in [0.4, 0.5) is 0 Å². The van der Waals surface area contributed by atoms with Crippen molar-refractivity contribution in [2.24, 2.45) is 7.05 Å². The van der Waals surface area contributed by atoms with Crippen molar-refractivity contribution in [2.75, 3.05) is 7.11 Å². The number of amides is 1. The SMILES string of the molecule is COC(=O)[C@H](C)NC(=O)c1cc(=O)n(C)c2ccccc12. The fourth-order valence-electron chi connectivity index (χ4n) is 2.11. The van der Waals surface area contributed by atoms with Gasteiger partial charge in [-0.25, -0.2) is 4.79 Å². The number of para-hydroxylation sites is 1.